The highest BCUT2D eigenvalue weighted by atomic mass is 35.5. The maximum atomic E-state index is 13.1. The van der Waals surface area contributed by atoms with Crippen molar-refractivity contribution in [2.45, 2.75) is 58.1 Å². The van der Waals surface area contributed by atoms with E-state index < -0.39 is 11.1 Å². The fourth-order valence-corrected chi connectivity index (χ4v) is 3.39. The second kappa shape index (κ2) is 6.41. The Kier molecular flexibility index (Phi) is 4.91. The molecule has 1 unspecified atom stereocenters. The average molecular weight is 335 g/mol. The van der Waals surface area contributed by atoms with E-state index in [1.165, 1.54) is 0 Å². The molecule has 0 aliphatic carbocycles. The number of piperidine rings is 1. The van der Waals surface area contributed by atoms with Crippen molar-refractivity contribution in [1.29, 1.82) is 5.26 Å². The molecule has 0 amide bonds. The van der Waals surface area contributed by atoms with Gasteiger partial charge in [0.25, 0.3) is 0 Å². The van der Waals surface area contributed by atoms with Crippen LogP contribution in [0.15, 0.2) is 18.2 Å². The van der Waals surface area contributed by atoms with Gasteiger partial charge in [0.1, 0.15) is 5.60 Å². The molecule has 1 fully saturated rings. The zero-order valence-corrected chi connectivity index (χ0v) is 14.9. The van der Waals surface area contributed by atoms with Gasteiger partial charge < -0.3 is 4.74 Å². The molecule has 23 heavy (non-hydrogen) atoms. The van der Waals surface area contributed by atoms with E-state index in [0.717, 1.165) is 24.0 Å². The summed E-state index contributed by atoms with van der Waals surface area (Å²) >= 11 is 6.06. The van der Waals surface area contributed by atoms with Crippen molar-refractivity contribution in [3.8, 4) is 6.19 Å². The standard InChI is InChI=1S/C18H23ClN2O2/c1-13-11-14(19)7-8-15(13)18(16(22)23-17(2,3)4)9-5-6-10-21(18)12-20/h7-8,11H,5-6,9-10H2,1-4H3. The van der Waals surface area contributed by atoms with Crippen LogP contribution in [-0.2, 0) is 15.1 Å². The van der Waals surface area contributed by atoms with Gasteiger partial charge in [-0.05, 0) is 70.2 Å². The van der Waals surface area contributed by atoms with Gasteiger partial charge in [0, 0.05) is 11.6 Å². The molecule has 1 aromatic rings. The second-order valence-corrected chi connectivity index (χ2v) is 7.47. The number of nitrogens with zero attached hydrogens (tertiary/aromatic N) is 2. The van der Waals surface area contributed by atoms with Gasteiger partial charge in [0.05, 0.1) is 0 Å². The first-order valence-electron chi connectivity index (χ1n) is 7.88. The third-order valence-electron chi connectivity index (χ3n) is 4.12. The monoisotopic (exact) mass is 334 g/mol. The Morgan fingerprint density at radius 2 is 2.09 bits per heavy atom. The van der Waals surface area contributed by atoms with Crippen LogP contribution in [0.2, 0.25) is 5.02 Å². The first-order valence-corrected chi connectivity index (χ1v) is 8.26. The Bertz CT molecular complexity index is 645. The van der Waals surface area contributed by atoms with Gasteiger partial charge >= 0.3 is 5.97 Å². The topological polar surface area (TPSA) is 53.3 Å². The van der Waals surface area contributed by atoms with E-state index in [0.29, 0.717) is 18.0 Å². The highest BCUT2D eigenvalue weighted by molar-refractivity contribution is 6.30. The lowest BCUT2D eigenvalue weighted by molar-refractivity contribution is -0.171. The normalized spacial score (nSPS) is 21.7. The Hall–Kier alpha value is -1.73. The fraction of sp³-hybridized carbons (Fsp3) is 0.556. The second-order valence-electron chi connectivity index (χ2n) is 7.03. The van der Waals surface area contributed by atoms with E-state index in [1.54, 1.807) is 11.0 Å². The van der Waals surface area contributed by atoms with E-state index in [2.05, 4.69) is 6.19 Å². The first-order chi connectivity index (χ1) is 10.7. The molecular weight excluding hydrogens is 312 g/mol. The van der Waals surface area contributed by atoms with Crippen LogP contribution in [0.4, 0.5) is 0 Å². The van der Waals surface area contributed by atoms with Gasteiger partial charge in [0.15, 0.2) is 11.7 Å². The number of likely N-dealkylation sites (tertiary alicyclic amines) is 1. The number of aryl methyl sites for hydroxylation is 1. The van der Waals surface area contributed by atoms with Crippen molar-refractivity contribution >= 4 is 17.6 Å². The molecule has 5 heteroatoms. The number of halogens is 1. The van der Waals surface area contributed by atoms with E-state index in [4.69, 9.17) is 16.3 Å². The summed E-state index contributed by atoms with van der Waals surface area (Å²) in [6.45, 7) is 7.99. The molecule has 0 spiro atoms. The Balaban J connectivity index is 2.59. The molecule has 4 nitrogen and oxygen atoms in total. The van der Waals surface area contributed by atoms with Crippen LogP contribution in [0.5, 0.6) is 0 Å². The summed E-state index contributed by atoms with van der Waals surface area (Å²) in [5, 5.41) is 10.2. The number of esters is 1. The number of nitriles is 1. The van der Waals surface area contributed by atoms with Crippen LogP contribution in [0.25, 0.3) is 0 Å². The molecule has 1 saturated heterocycles. The lowest BCUT2D eigenvalue weighted by Crippen LogP contribution is -2.54. The summed E-state index contributed by atoms with van der Waals surface area (Å²) in [6, 6.07) is 5.44. The maximum absolute atomic E-state index is 13.1. The minimum atomic E-state index is -1.06. The Morgan fingerprint density at radius 3 is 2.65 bits per heavy atom. The molecule has 2 rings (SSSR count). The molecule has 1 heterocycles. The van der Waals surface area contributed by atoms with E-state index >= 15 is 0 Å². The molecule has 1 aliphatic heterocycles. The predicted molar refractivity (Wildman–Crippen MR) is 89.9 cm³/mol. The Labute approximate surface area is 143 Å². The molecule has 0 aromatic heterocycles. The molecule has 124 valence electrons. The van der Waals surface area contributed by atoms with Crippen LogP contribution in [0.3, 0.4) is 0 Å². The molecule has 0 saturated carbocycles. The zero-order chi connectivity index (χ0) is 17.3. The van der Waals surface area contributed by atoms with E-state index in [1.807, 2.05) is 39.8 Å². The smallest absolute Gasteiger partial charge is 0.337 e. The van der Waals surface area contributed by atoms with Gasteiger partial charge in [-0.3, -0.25) is 4.90 Å². The van der Waals surface area contributed by atoms with Gasteiger partial charge in [-0.2, -0.15) is 5.26 Å². The summed E-state index contributed by atoms with van der Waals surface area (Å²) < 4.78 is 5.69. The Morgan fingerprint density at radius 1 is 1.39 bits per heavy atom. The minimum Gasteiger partial charge on any atom is -0.458 e. The molecule has 0 bridgehead atoms. The summed E-state index contributed by atoms with van der Waals surface area (Å²) in [7, 11) is 0. The van der Waals surface area contributed by atoms with Gasteiger partial charge in [0.2, 0.25) is 0 Å². The number of carbonyl (C=O) groups excluding carboxylic acids is 1. The third kappa shape index (κ3) is 3.45. The largest absolute Gasteiger partial charge is 0.458 e. The quantitative estimate of drug-likeness (QED) is 0.602. The minimum absolute atomic E-state index is 0.364. The summed E-state index contributed by atoms with van der Waals surface area (Å²) in [4.78, 5) is 14.7. The predicted octanol–water partition coefficient (Wildman–Crippen LogP) is 4.15. The first kappa shape index (κ1) is 17.6. The van der Waals surface area contributed by atoms with Crippen molar-refractivity contribution in [1.82, 2.24) is 4.90 Å². The fourth-order valence-electron chi connectivity index (χ4n) is 3.17. The van der Waals surface area contributed by atoms with E-state index in [9.17, 15) is 10.1 Å². The van der Waals surface area contributed by atoms with Crippen LogP contribution >= 0.6 is 11.6 Å². The van der Waals surface area contributed by atoms with Crippen molar-refractivity contribution in [2.75, 3.05) is 6.54 Å². The van der Waals surface area contributed by atoms with Crippen molar-refractivity contribution in [2.24, 2.45) is 0 Å². The third-order valence-corrected chi connectivity index (χ3v) is 4.36. The van der Waals surface area contributed by atoms with Gasteiger partial charge in [-0.1, -0.05) is 17.7 Å². The van der Waals surface area contributed by atoms with Crippen LogP contribution in [0.1, 0.15) is 51.2 Å². The summed E-state index contributed by atoms with van der Waals surface area (Å²) in [6.07, 6.45) is 4.54. The number of hydrogen-bond acceptors (Lipinski definition) is 4. The van der Waals surface area contributed by atoms with Crippen molar-refractivity contribution in [3.63, 3.8) is 0 Å². The number of hydrogen-bond donors (Lipinski definition) is 0. The lowest BCUT2D eigenvalue weighted by Gasteiger charge is -2.44. The molecule has 1 aromatic carbocycles. The van der Waals surface area contributed by atoms with Crippen molar-refractivity contribution < 1.29 is 9.53 Å². The number of carbonyl (C=O) groups is 1. The summed E-state index contributed by atoms with van der Waals surface area (Å²) in [5.74, 6) is -0.364. The number of benzene rings is 1. The van der Waals surface area contributed by atoms with Crippen LogP contribution < -0.4 is 0 Å². The van der Waals surface area contributed by atoms with Gasteiger partial charge in [-0.25, -0.2) is 4.79 Å². The number of rotatable bonds is 2. The molecular formula is C18H23ClN2O2. The van der Waals surface area contributed by atoms with Crippen molar-refractivity contribution in [3.05, 3.63) is 34.3 Å². The molecule has 1 atom stereocenters. The molecule has 0 radical (unpaired) electrons. The number of ether oxygens (including phenoxy) is 1. The maximum Gasteiger partial charge on any atom is 0.337 e. The van der Waals surface area contributed by atoms with E-state index in [-0.39, 0.29) is 5.97 Å². The average Bonchev–Trinajstić information content (AvgIpc) is 2.45. The SMILES string of the molecule is Cc1cc(Cl)ccc1C1(C(=O)OC(C)(C)C)CCCCN1C#N. The molecule has 1 aliphatic rings. The zero-order valence-electron chi connectivity index (χ0n) is 14.1. The summed E-state index contributed by atoms with van der Waals surface area (Å²) in [5.41, 5.74) is 0.0284. The van der Waals surface area contributed by atoms with Crippen LogP contribution in [-0.4, -0.2) is 23.0 Å². The highest BCUT2D eigenvalue weighted by Gasteiger charge is 2.50. The molecule has 0 N–H and O–H groups in total. The van der Waals surface area contributed by atoms with Gasteiger partial charge in [-0.15, -0.1) is 0 Å². The highest BCUT2D eigenvalue weighted by Crippen LogP contribution is 2.41. The lowest BCUT2D eigenvalue weighted by atomic mass is 9.78. The van der Waals surface area contributed by atoms with Crippen LogP contribution in [0, 0.1) is 18.4 Å².